The van der Waals surface area contributed by atoms with E-state index in [1.165, 1.54) is 70.6 Å². The number of alkyl halides is 2. The molecule has 0 aliphatic heterocycles. The van der Waals surface area contributed by atoms with Crippen LogP contribution in [-0.2, 0) is 4.74 Å². The smallest absolute Gasteiger partial charge is 0.253 e. The van der Waals surface area contributed by atoms with Crippen LogP contribution in [0.25, 0.3) is 0 Å². The Morgan fingerprint density at radius 1 is 0.923 bits per heavy atom. The maximum atomic E-state index is 6.00. The summed E-state index contributed by atoms with van der Waals surface area (Å²) >= 11 is 17.1. The minimum Gasteiger partial charge on any atom is -0.451 e. The van der Waals surface area contributed by atoms with Crippen LogP contribution in [0.2, 0.25) is 0 Å². The first kappa shape index (κ1) is 28.6. The van der Waals surface area contributed by atoms with Crippen LogP contribution in [0.3, 0.4) is 0 Å². The van der Waals surface area contributed by atoms with Crippen molar-refractivity contribution in [3.8, 4) is 0 Å². The van der Waals surface area contributed by atoms with Crippen molar-refractivity contribution in [1.82, 2.24) is 0 Å². The number of unbranched alkanes of at least 4 members (excludes halogenated alkanes) is 12. The van der Waals surface area contributed by atoms with E-state index in [0.29, 0.717) is 11.5 Å². The predicted molar refractivity (Wildman–Crippen MR) is 119 cm³/mol. The standard InChI is InChI=1S/C19H38Cl2N2OS.H2O/c1-2-3-4-5-6-7-8-9-10-11-12-13-14-15-18(25)24-19(21,23)17(20)16-22;/h17H,2-16,22-23H2,1H3;1H2. The number of halogens is 2. The van der Waals surface area contributed by atoms with Crippen LogP contribution in [0.15, 0.2) is 0 Å². The lowest BCUT2D eigenvalue weighted by molar-refractivity contribution is 0.147. The maximum absolute atomic E-state index is 6.00. The van der Waals surface area contributed by atoms with Crippen LogP contribution >= 0.6 is 35.4 Å². The van der Waals surface area contributed by atoms with Crippen molar-refractivity contribution in [2.45, 2.75) is 107 Å². The normalized spacial score (nSPS) is 14.3. The van der Waals surface area contributed by atoms with Gasteiger partial charge in [0.2, 0.25) is 0 Å². The first-order valence-corrected chi connectivity index (χ1v) is 11.2. The van der Waals surface area contributed by atoms with Gasteiger partial charge in [-0.05, 0) is 18.6 Å². The van der Waals surface area contributed by atoms with Gasteiger partial charge in [0, 0.05) is 13.0 Å². The van der Waals surface area contributed by atoms with Crippen molar-refractivity contribution >= 4 is 40.5 Å². The molecule has 0 spiro atoms. The zero-order chi connectivity index (χ0) is 19.0. The summed E-state index contributed by atoms with van der Waals surface area (Å²) in [4.78, 5) is 0. The summed E-state index contributed by atoms with van der Waals surface area (Å²) in [6.07, 6.45) is 17.8. The van der Waals surface area contributed by atoms with Crippen molar-refractivity contribution in [2.75, 3.05) is 6.54 Å². The average Bonchev–Trinajstić information content (AvgIpc) is 2.57. The molecule has 158 valence electrons. The maximum Gasteiger partial charge on any atom is 0.253 e. The van der Waals surface area contributed by atoms with Gasteiger partial charge in [-0.3, -0.25) is 5.73 Å². The Balaban J connectivity index is 0. The number of hydrogen-bond acceptors (Lipinski definition) is 4. The Bertz CT molecular complexity index is 335. The highest BCUT2D eigenvalue weighted by atomic mass is 35.5. The van der Waals surface area contributed by atoms with E-state index >= 15 is 0 Å². The Morgan fingerprint density at radius 3 is 1.69 bits per heavy atom. The summed E-state index contributed by atoms with van der Waals surface area (Å²) < 4.78 is 5.36. The van der Waals surface area contributed by atoms with Crippen LogP contribution in [0.5, 0.6) is 0 Å². The minimum absolute atomic E-state index is 0. The zero-order valence-corrected chi connectivity index (χ0v) is 18.7. The van der Waals surface area contributed by atoms with Gasteiger partial charge in [0.15, 0.2) is 5.05 Å². The van der Waals surface area contributed by atoms with Gasteiger partial charge in [0.1, 0.15) is 5.38 Å². The lowest BCUT2D eigenvalue weighted by atomic mass is 10.0. The number of nitrogens with two attached hydrogens (primary N) is 2. The summed E-state index contributed by atoms with van der Waals surface area (Å²) in [5.74, 6) is 0. The quantitative estimate of drug-likeness (QED) is 0.106. The van der Waals surface area contributed by atoms with Crippen molar-refractivity contribution in [1.29, 1.82) is 0 Å². The summed E-state index contributed by atoms with van der Waals surface area (Å²) in [5, 5.41) is -1.76. The van der Waals surface area contributed by atoms with E-state index in [9.17, 15) is 0 Å². The van der Waals surface area contributed by atoms with Crippen LogP contribution < -0.4 is 11.5 Å². The highest BCUT2D eigenvalue weighted by Gasteiger charge is 2.33. The molecule has 0 aromatic carbocycles. The Kier molecular flexibility index (Phi) is 20.5. The second-order valence-corrected chi connectivity index (χ2v) is 8.44. The van der Waals surface area contributed by atoms with E-state index in [4.69, 9.17) is 51.6 Å². The van der Waals surface area contributed by atoms with Crippen LogP contribution in [0.4, 0.5) is 0 Å². The van der Waals surface area contributed by atoms with Crippen LogP contribution in [-0.4, -0.2) is 27.6 Å². The van der Waals surface area contributed by atoms with Gasteiger partial charge in [-0.25, -0.2) is 0 Å². The summed E-state index contributed by atoms with van der Waals surface area (Å²) in [6.45, 7) is 2.41. The fraction of sp³-hybridized carbons (Fsp3) is 0.947. The van der Waals surface area contributed by atoms with Gasteiger partial charge in [0.25, 0.3) is 5.18 Å². The molecule has 6 N–H and O–H groups in total. The number of ether oxygens (including phenoxy) is 1. The van der Waals surface area contributed by atoms with E-state index in [1.807, 2.05) is 0 Å². The molecule has 0 radical (unpaired) electrons. The number of hydrogen-bond donors (Lipinski definition) is 2. The Morgan fingerprint density at radius 2 is 1.31 bits per heavy atom. The third-order valence-electron chi connectivity index (χ3n) is 4.39. The highest BCUT2D eigenvalue weighted by molar-refractivity contribution is 7.80. The lowest BCUT2D eigenvalue weighted by Gasteiger charge is -2.27. The van der Waals surface area contributed by atoms with Crippen molar-refractivity contribution in [3.05, 3.63) is 0 Å². The molecule has 0 bridgehead atoms. The molecule has 26 heavy (non-hydrogen) atoms. The summed E-state index contributed by atoms with van der Waals surface area (Å²) in [7, 11) is 0. The second kappa shape index (κ2) is 18.7. The fourth-order valence-corrected chi connectivity index (χ4v) is 3.29. The molecule has 0 fully saturated rings. The number of rotatable bonds is 17. The van der Waals surface area contributed by atoms with Crippen LogP contribution in [0.1, 0.15) is 96.8 Å². The summed E-state index contributed by atoms with van der Waals surface area (Å²) in [6, 6.07) is 0. The molecule has 2 atom stereocenters. The monoisotopic (exact) mass is 430 g/mol. The molecule has 7 heteroatoms. The average molecular weight is 432 g/mol. The Hall–Kier alpha value is 0.350. The van der Waals surface area contributed by atoms with Gasteiger partial charge < -0.3 is 15.9 Å². The fourth-order valence-electron chi connectivity index (χ4n) is 2.74. The van der Waals surface area contributed by atoms with Gasteiger partial charge in [-0.15, -0.1) is 11.6 Å². The predicted octanol–water partition coefficient (Wildman–Crippen LogP) is 5.40. The molecule has 0 aromatic rings. The molecule has 0 heterocycles. The highest BCUT2D eigenvalue weighted by Crippen LogP contribution is 2.21. The minimum atomic E-state index is -1.51. The molecule has 2 unspecified atom stereocenters. The summed E-state index contributed by atoms with van der Waals surface area (Å²) in [5.41, 5.74) is 11.2. The number of thiocarbonyl (C=S) groups is 1. The van der Waals surface area contributed by atoms with Crippen molar-refractivity contribution < 1.29 is 10.2 Å². The topological polar surface area (TPSA) is 92.8 Å². The molecule has 0 aromatic heterocycles. The van der Waals surface area contributed by atoms with Gasteiger partial charge in [-0.1, -0.05) is 95.6 Å². The molecule has 0 aliphatic rings. The van der Waals surface area contributed by atoms with Gasteiger partial charge in [0.05, 0.1) is 0 Å². The largest absolute Gasteiger partial charge is 0.451 e. The van der Waals surface area contributed by atoms with E-state index in [2.05, 4.69) is 6.92 Å². The van der Waals surface area contributed by atoms with E-state index in [-0.39, 0.29) is 12.0 Å². The van der Waals surface area contributed by atoms with E-state index in [1.54, 1.807) is 0 Å². The third kappa shape index (κ3) is 16.5. The molecular formula is C19H40Cl2N2O2S. The molecule has 0 saturated heterocycles. The molecule has 0 aliphatic carbocycles. The zero-order valence-electron chi connectivity index (χ0n) is 16.4. The second-order valence-electron chi connectivity index (χ2n) is 6.87. The van der Waals surface area contributed by atoms with Gasteiger partial charge >= 0.3 is 0 Å². The first-order chi connectivity index (χ1) is 11.9. The molecule has 0 saturated carbocycles. The van der Waals surface area contributed by atoms with Crippen LogP contribution in [0, 0.1) is 0 Å². The molecule has 4 nitrogen and oxygen atoms in total. The SMILES string of the molecule is CCCCCCCCCCCCCCCC(=S)OC(N)(Cl)C(Cl)CN.O. The lowest BCUT2D eigenvalue weighted by Crippen LogP contribution is -2.49. The van der Waals surface area contributed by atoms with Crippen molar-refractivity contribution in [3.63, 3.8) is 0 Å². The molecular weight excluding hydrogens is 391 g/mol. The first-order valence-electron chi connectivity index (χ1n) is 9.97. The van der Waals surface area contributed by atoms with Gasteiger partial charge in [-0.2, -0.15) is 0 Å². The molecule has 0 amide bonds. The molecule has 0 rings (SSSR count). The Labute approximate surface area is 176 Å². The third-order valence-corrected chi connectivity index (χ3v) is 5.63. The van der Waals surface area contributed by atoms with E-state index in [0.717, 1.165) is 12.8 Å². The van der Waals surface area contributed by atoms with E-state index < -0.39 is 10.6 Å². The van der Waals surface area contributed by atoms with Crippen molar-refractivity contribution in [2.24, 2.45) is 11.5 Å².